The highest BCUT2D eigenvalue weighted by molar-refractivity contribution is 6.39. The van der Waals surface area contributed by atoms with E-state index in [2.05, 4.69) is 0 Å². The van der Waals surface area contributed by atoms with E-state index in [9.17, 15) is 19.2 Å². The lowest BCUT2D eigenvalue weighted by Crippen LogP contribution is -2.51. The van der Waals surface area contributed by atoms with Crippen molar-refractivity contribution in [2.24, 2.45) is 0 Å². The van der Waals surface area contributed by atoms with Crippen LogP contribution in [-0.4, -0.2) is 43.0 Å². The molecule has 0 aliphatic carbocycles. The Morgan fingerprint density at radius 1 is 0.906 bits per heavy atom. The molecule has 0 unspecified atom stereocenters. The Morgan fingerprint density at radius 2 is 1.50 bits per heavy atom. The fourth-order valence-electron chi connectivity index (χ4n) is 3.95. The largest absolute Gasteiger partial charge is 0.459 e. The average molecular weight is 438 g/mol. The van der Waals surface area contributed by atoms with Gasteiger partial charge < -0.3 is 9.47 Å². The first-order valence-electron chi connectivity index (χ1n) is 10.5. The predicted molar refractivity (Wildman–Crippen MR) is 118 cm³/mol. The van der Waals surface area contributed by atoms with E-state index in [1.165, 1.54) is 9.80 Å². The minimum Gasteiger partial charge on any atom is -0.459 e. The second-order valence-electron chi connectivity index (χ2n) is 7.29. The normalized spacial score (nSPS) is 17.2. The third kappa shape index (κ3) is 4.49. The molecule has 2 aromatic carbocycles. The molecule has 1 heterocycles. The molecule has 0 saturated heterocycles. The van der Waals surface area contributed by atoms with E-state index in [1.807, 2.05) is 6.07 Å². The quantitative estimate of drug-likeness (QED) is 0.538. The fraction of sp³-hybridized carbons (Fsp3) is 0.333. The van der Waals surface area contributed by atoms with Gasteiger partial charge >= 0.3 is 23.8 Å². The highest BCUT2D eigenvalue weighted by Crippen LogP contribution is 2.42. The molecule has 2 amide bonds. The van der Waals surface area contributed by atoms with Crippen LogP contribution in [0.2, 0.25) is 0 Å². The summed E-state index contributed by atoms with van der Waals surface area (Å²) in [5.41, 5.74) is 1.67. The molecule has 0 radical (unpaired) electrons. The second-order valence-corrected chi connectivity index (χ2v) is 7.29. The monoisotopic (exact) mass is 438 g/mol. The third-order valence-corrected chi connectivity index (χ3v) is 5.24. The Kier molecular flexibility index (Phi) is 7.25. The molecular formula is C24H26N2O6. The highest BCUT2D eigenvalue weighted by atomic mass is 16.5. The maximum absolute atomic E-state index is 13.2. The number of hydrogen-bond acceptors (Lipinski definition) is 6. The van der Waals surface area contributed by atoms with Gasteiger partial charge in [0.25, 0.3) is 0 Å². The molecule has 3 rings (SSSR count). The number of amides is 2. The van der Waals surface area contributed by atoms with Gasteiger partial charge in [0, 0.05) is 17.4 Å². The summed E-state index contributed by atoms with van der Waals surface area (Å²) in [5, 5.41) is 0. The first kappa shape index (κ1) is 23.0. The van der Waals surface area contributed by atoms with Gasteiger partial charge in [-0.3, -0.25) is 19.4 Å². The van der Waals surface area contributed by atoms with Gasteiger partial charge in [-0.05, 0) is 51.0 Å². The predicted octanol–water partition coefficient (Wildman–Crippen LogP) is 3.01. The van der Waals surface area contributed by atoms with Crippen molar-refractivity contribution in [1.82, 2.24) is 0 Å². The number of hydrogen-bond donors (Lipinski definition) is 0. The molecule has 1 aliphatic heterocycles. The van der Waals surface area contributed by atoms with Crippen molar-refractivity contribution in [2.45, 2.75) is 39.3 Å². The van der Waals surface area contributed by atoms with Crippen LogP contribution >= 0.6 is 0 Å². The van der Waals surface area contributed by atoms with E-state index in [0.29, 0.717) is 23.4 Å². The Bertz CT molecular complexity index is 1010. The van der Waals surface area contributed by atoms with Crippen LogP contribution in [0, 0.1) is 0 Å². The van der Waals surface area contributed by atoms with Crippen LogP contribution in [0.3, 0.4) is 0 Å². The number of benzene rings is 2. The minimum absolute atomic E-state index is 0.0761. The molecule has 0 N–H and O–H groups in total. The van der Waals surface area contributed by atoms with Gasteiger partial charge in [-0.2, -0.15) is 0 Å². The van der Waals surface area contributed by atoms with Crippen LogP contribution in [0.15, 0.2) is 54.6 Å². The number of nitrogens with zero attached hydrogens (tertiary/aromatic N) is 2. The molecule has 168 valence electrons. The summed E-state index contributed by atoms with van der Waals surface area (Å²) in [6.45, 7) is 5.22. The number of esters is 2. The van der Waals surface area contributed by atoms with Crippen molar-refractivity contribution in [3.63, 3.8) is 0 Å². The van der Waals surface area contributed by atoms with Crippen LogP contribution in [-0.2, 0) is 28.7 Å². The van der Waals surface area contributed by atoms with Crippen LogP contribution in [0.25, 0.3) is 0 Å². The molecule has 0 aromatic heterocycles. The molecule has 0 bridgehead atoms. The van der Waals surface area contributed by atoms with E-state index in [1.54, 1.807) is 69.3 Å². The van der Waals surface area contributed by atoms with Gasteiger partial charge in [-0.1, -0.05) is 36.4 Å². The lowest BCUT2D eigenvalue weighted by atomic mass is 9.89. The maximum Gasteiger partial charge on any atom is 0.397 e. The number of para-hydroxylation sites is 2. The Morgan fingerprint density at radius 3 is 2.16 bits per heavy atom. The first-order valence-corrected chi connectivity index (χ1v) is 10.5. The van der Waals surface area contributed by atoms with Gasteiger partial charge in [-0.15, -0.1) is 0 Å². The summed E-state index contributed by atoms with van der Waals surface area (Å²) >= 11 is 0. The number of carbonyl (C=O) groups excluding carboxylic acids is 4. The smallest absolute Gasteiger partial charge is 0.397 e. The maximum atomic E-state index is 13.2. The fourth-order valence-corrected chi connectivity index (χ4v) is 3.95. The summed E-state index contributed by atoms with van der Waals surface area (Å²) in [5.74, 6) is -3.45. The Labute approximate surface area is 186 Å². The van der Waals surface area contributed by atoms with Crippen LogP contribution in [0.1, 0.15) is 38.8 Å². The lowest BCUT2D eigenvalue weighted by Gasteiger charge is -2.42. The molecule has 2 atom stereocenters. The average Bonchev–Trinajstić information content (AvgIpc) is 2.80. The molecular weight excluding hydrogens is 412 g/mol. The molecule has 32 heavy (non-hydrogen) atoms. The summed E-state index contributed by atoms with van der Waals surface area (Å²) in [4.78, 5) is 53.3. The van der Waals surface area contributed by atoms with Gasteiger partial charge in [0.15, 0.2) is 0 Å². The molecule has 8 heteroatoms. The summed E-state index contributed by atoms with van der Waals surface area (Å²) in [6.07, 6.45) is 0.308. The van der Waals surface area contributed by atoms with E-state index >= 15 is 0 Å². The SMILES string of the molecule is CCOC(=O)C(=O)N1c2ccccc2[C@@H](N(C(=O)C(=O)OCC)c2ccccc2)C[C@H]1C. The zero-order chi connectivity index (χ0) is 23.3. The topological polar surface area (TPSA) is 93.2 Å². The second kappa shape index (κ2) is 10.1. The van der Waals surface area contributed by atoms with Crippen LogP contribution < -0.4 is 9.80 Å². The summed E-state index contributed by atoms with van der Waals surface area (Å²) in [6, 6.07) is 14.9. The molecule has 0 saturated carbocycles. The van der Waals surface area contributed by atoms with Crippen molar-refractivity contribution < 1.29 is 28.7 Å². The van der Waals surface area contributed by atoms with Crippen molar-refractivity contribution >= 4 is 35.1 Å². The van der Waals surface area contributed by atoms with Crippen LogP contribution in [0.4, 0.5) is 11.4 Å². The molecule has 1 aliphatic rings. The zero-order valence-corrected chi connectivity index (χ0v) is 18.3. The van der Waals surface area contributed by atoms with Gasteiger partial charge in [-0.25, -0.2) is 9.59 Å². The van der Waals surface area contributed by atoms with E-state index < -0.39 is 35.8 Å². The van der Waals surface area contributed by atoms with Gasteiger partial charge in [0.1, 0.15) is 0 Å². The van der Waals surface area contributed by atoms with E-state index in [0.717, 1.165) is 0 Å². The highest BCUT2D eigenvalue weighted by Gasteiger charge is 2.42. The molecule has 2 aromatic rings. The van der Waals surface area contributed by atoms with Crippen molar-refractivity contribution in [3.05, 3.63) is 60.2 Å². The number of anilines is 2. The third-order valence-electron chi connectivity index (χ3n) is 5.24. The summed E-state index contributed by atoms with van der Waals surface area (Å²) < 4.78 is 9.88. The molecule has 0 spiro atoms. The molecule has 0 fully saturated rings. The van der Waals surface area contributed by atoms with E-state index in [4.69, 9.17) is 9.47 Å². The van der Waals surface area contributed by atoms with Crippen LogP contribution in [0.5, 0.6) is 0 Å². The summed E-state index contributed by atoms with van der Waals surface area (Å²) in [7, 11) is 0. The number of fused-ring (bicyclic) bond motifs is 1. The standard InChI is InChI=1S/C24H26N2O6/c1-4-31-23(29)21(27)25-16(3)15-20(18-13-9-10-14-19(18)25)26(17-11-7-6-8-12-17)22(28)24(30)32-5-2/h6-14,16,20H,4-5,15H2,1-3H3/t16-,20+/m1/s1. The molecule has 8 nitrogen and oxygen atoms in total. The van der Waals surface area contributed by atoms with E-state index in [-0.39, 0.29) is 13.2 Å². The van der Waals surface area contributed by atoms with Crippen molar-refractivity contribution in [3.8, 4) is 0 Å². The number of rotatable bonds is 4. The van der Waals surface area contributed by atoms with Crippen molar-refractivity contribution in [2.75, 3.05) is 23.0 Å². The number of ether oxygens (including phenoxy) is 2. The Hall–Kier alpha value is -3.68. The first-order chi connectivity index (χ1) is 15.4. The number of carbonyl (C=O) groups is 4. The van der Waals surface area contributed by atoms with Gasteiger partial charge in [0.2, 0.25) is 0 Å². The van der Waals surface area contributed by atoms with Gasteiger partial charge in [0.05, 0.1) is 19.3 Å². The lowest BCUT2D eigenvalue weighted by molar-refractivity contribution is -0.153. The minimum atomic E-state index is -0.952. The zero-order valence-electron chi connectivity index (χ0n) is 18.3. The Balaban J connectivity index is 2.09. The van der Waals surface area contributed by atoms with Crippen molar-refractivity contribution in [1.29, 1.82) is 0 Å².